The van der Waals surface area contributed by atoms with Gasteiger partial charge < -0.3 is 9.30 Å². The number of aromatic nitrogens is 1. The van der Waals surface area contributed by atoms with E-state index in [9.17, 15) is 10.1 Å². The van der Waals surface area contributed by atoms with Crippen LogP contribution in [0.2, 0.25) is 0 Å². The molecular formula is C15H20N2O3. The Hall–Kier alpha value is -1.88. The summed E-state index contributed by atoms with van der Waals surface area (Å²) < 4.78 is 7.71. The van der Waals surface area contributed by atoms with Crippen LogP contribution in [0.1, 0.15) is 27.7 Å². The summed E-state index contributed by atoms with van der Waals surface area (Å²) in [5.41, 5.74) is 0.408. The molecule has 5 nitrogen and oxygen atoms in total. The van der Waals surface area contributed by atoms with Gasteiger partial charge in [0.25, 0.3) is 5.69 Å². The molecule has 1 heterocycles. The normalized spacial score (nSPS) is 12.8. The van der Waals surface area contributed by atoms with E-state index in [0.29, 0.717) is 0 Å². The van der Waals surface area contributed by atoms with Crippen molar-refractivity contribution in [2.24, 2.45) is 0 Å². The zero-order valence-corrected chi connectivity index (χ0v) is 12.5. The average molecular weight is 276 g/mol. The number of nitro benzene ring substituents is 1. The van der Waals surface area contributed by atoms with Crippen LogP contribution in [0.4, 0.5) is 5.69 Å². The van der Waals surface area contributed by atoms with Gasteiger partial charge in [-0.1, -0.05) is 0 Å². The van der Waals surface area contributed by atoms with Crippen molar-refractivity contribution >= 4 is 16.6 Å². The third kappa shape index (κ3) is 2.08. The van der Waals surface area contributed by atoms with Gasteiger partial charge in [-0.05, 0) is 39.8 Å². The lowest BCUT2D eigenvalue weighted by molar-refractivity contribution is -0.384. The highest BCUT2D eigenvalue weighted by Gasteiger charge is 2.39. The van der Waals surface area contributed by atoms with E-state index < -0.39 is 0 Å². The molecule has 2 rings (SSSR count). The molecule has 0 N–H and O–H groups in total. The molecule has 0 aliphatic heterocycles. The molecule has 2 aromatic rings. The second kappa shape index (κ2) is 4.59. The van der Waals surface area contributed by atoms with E-state index in [1.165, 1.54) is 6.07 Å². The van der Waals surface area contributed by atoms with E-state index >= 15 is 0 Å². The maximum absolute atomic E-state index is 10.8. The molecule has 0 spiro atoms. The second-order valence-corrected chi connectivity index (χ2v) is 5.96. The van der Waals surface area contributed by atoms with Crippen molar-refractivity contribution < 1.29 is 9.66 Å². The first-order chi connectivity index (χ1) is 9.20. The first-order valence-corrected chi connectivity index (χ1v) is 6.52. The Morgan fingerprint density at radius 1 is 1.20 bits per heavy atom. The van der Waals surface area contributed by atoms with Gasteiger partial charge in [0.1, 0.15) is 0 Å². The van der Waals surface area contributed by atoms with Crippen LogP contribution in [0.25, 0.3) is 10.9 Å². The third-order valence-corrected chi connectivity index (χ3v) is 4.47. The molecule has 0 aliphatic rings. The molecule has 0 fully saturated rings. The van der Waals surface area contributed by atoms with Crippen LogP contribution in [0, 0.1) is 10.1 Å². The zero-order chi connectivity index (χ0) is 15.1. The quantitative estimate of drug-likeness (QED) is 0.632. The maximum Gasteiger partial charge on any atom is 0.270 e. The highest BCUT2D eigenvalue weighted by Crippen LogP contribution is 2.35. The monoisotopic (exact) mass is 276 g/mol. The first kappa shape index (κ1) is 14.5. The lowest BCUT2D eigenvalue weighted by Gasteiger charge is -2.42. The predicted octanol–water partition coefficient (Wildman–Crippen LogP) is 3.71. The molecule has 0 saturated carbocycles. The topological polar surface area (TPSA) is 57.3 Å². The zero-order valence-electron chi connectivity index (χ0n) is 12.5. The van der Waals surface area contributed by atoms with Gasteiger partial charge in [-0.15, -0.1) is 0 Å². The lowest BCUT2D eigenvalue weighted by Crippen LogP contribution is -2.48. The summed E-state index contributed by atoms with van der Waals surface area (Å²) in [5.74, 6) is 0. The minimum absolute atomic E-state index is 0.110. The molecule has 0 amide bonds. The number of non-ortho nitro benzene ring substituents is 1. The van der Waals surface area contributed by atoms with Crippen molar-refractivity contribution in [1.82, 2.24) is 4.57 Å². The van der Waals surface area contributed by atoms with Crippen molar-refractivity contribution in [2.75, 3.05) is 7.11 Å². The number of hydrogen-bond acceptors (Lipinski definition) is 3. The molecule has 20 heavy (non-hydrogen) atoms. The van der Waals surface area contributed by atoms with Crippen molar-refractivity contribution in [3.8, 4) is 0 Å². The Bertz CT molecular complexity index is 656. The Morgan fingerprint density at radius 3 is 2.40 bits per heavy atom. The number of fused-ring (bicyclic) bond motifs is 1. The number of nitro groups is 1. The fourth-order valence-electron chi connectivity index (χ4n) is 2.27. The summed E-state index contributed by atoms with van der Waals surface area (Å²) in [6, 6.07) is 6.83. The molecule has 0 radical (unpaired) electrons. The highest BCUT2D eigenvalue weighted by atomic mass is 16.6. The summed E-state index contributed by atoms with van der Waals surface area (Å²) in [6.45, 7) is 8.25. The van der Waals surface area contributed by atoms with Crippen LogP contribution in [-0.4, -0.2) is 22.2 Å². The molecule has 0 atom stereocenters. The van der Waals surface area contributed by atoms with E-state index in [4.69, 9.17) is 4.74 Å². The molecule has 0 bridgehead atoms. The van der Waals surface area contributed by atoms with Gasteiger partial charge in [-0.3, -0.25) is 10.1 Å². The van der Waals surface area contributed by atoms with E-state index in [-0.39, 0.29) is 21.8 Å². The lowest BCUT2D eigenvalue weighted by atomic mass is 9.85. The SMILES string of the molecule is COC(C)(C)C(C)(C)n1ccc2cc([N+](=O)[O-])ccc21. The molecular weight excluding hydrogens is 256 g/mol. The van der Waals surface area contributed by atoms with Gasteiger partial charge in [-0.2, -0.15) is 0 Å². The molecule has 1 aromatic carbocycles. The number of hydrogen-bond donors (Lipinski definition) is 0. The van der Waals surface area contributed by atoms with Gasteiger partial charge in [-0.25, -0.2) is 0 Å². The first-order valence-electron chi connectivity index (χ1n) is 6.52. The summed E-state index contributed by atoms with van der Waals surface area (Å²) in [6.07, 6.45) is 1.95. The van der Waals surface area contributed by atoms with Gasteiger partial charge in [0.05, 0.1) is 16.1 Å². The number of ether oxygens (including phenoxy) is 1. The fourth-order valence-corrected chi connectivity index (χ4v) is 2.27. The highest BCUT2D eigenvalue weighted by molar-refractivity contribution is 5.82. The number of nitrogens with zero attached hydrogens (tertiary/aromatic N) is 2. The molecule has 1 aromatic heterocycles. The van der Waals surface area contributed by atoms with Crippen LogP contribution < -0.4 is 0 Å². The average Bonchev–Trinajstić information content (AvgIpc) is 2.81. The minimum atomic E-state index is -0.374. The standard InChI is InChI=1S/C15H20N2O3/c1-14(2,15(3,4)20-5)16-9-8-11-10-12(17(18)19)6-7-13(11)16/h6-10H,1-5H3. The van der Waals surface area contributed by atoms with Crippen molar-refractivity contribution in [1.29, 1.82) is 0 Å². The summed E-state index contributed by atoms with van der Waals surface area (Å²) in [5, 5.41) is 11.7. The Kier molecular flexibility index (Phi) is 3.34. The van der Waals surface area contributed by atoms with Gasteiger partial charge in [0.2, 0.25) is 0 Å². The fraction of sp³-hybridized carbons (Fsp3) is 0.467. The molecule has 0 unspecified atom stereocenters. The van der Waals surface area contributed by atoms with E-state index in [1.807, 2.05) is 26.1 Å². The van der Waals surface area contributed by atoms with Gasteiger partial charge in [0.15, 0.2) is 0 Å². The molecule has 0 aliphatic carbocycles. The van der Waals surface area contributed by atoms with E-state index in [1.54, 1.807) is 19.2 Å². The minimum Gasteiger partial charge on any atom is -0.376 e. The molecule has 5 heteroatoms. The Morgan fingerprint density at radius 2 is 1.85 bits per heavy atom. The smallest absolute Gasteiger partial charge is 0.270 e. The van der Waals surface area contributed by atoms with Crippen LogP contribution in [0.3, 0.4) is 0 Å². The van der Waals surface area contributed by atoms with Crippen LogP contribution >= 0.6 is 0 Å². The molecule has 0 saturated heterocycles. The van der Waals surface area contributed by atoms with Gasteiger partial charge >= 0.3 is 0 Å². The van der Waals surface area contributed by atoms with Crippen molar-refractivity contribution in [3.05, 3.63) is 40.6 Å². The summed E-state index contributed by atoms with van der Waals surface area (Å²) in [4.78, 5) is 10.5. The van der Waals surface area contributed by atoms with Gasteiger partial charge in [0, 0.05) is 36.3 Å². The number of methoxy groups -OCH3 is 1. The van der Waals surface area contributed by atoms with Crippen molar-refractivity contribution in [2.45, 2.75) is 38.8 Å². The summed E-state index contributed by atoms with van der Waals surface area (Å²) >= 11 is 0. The Labute approximate surface area is 118 Å². The van der Waals surface area contributed by atoms with Crippen LogP contribution in [0.15, 0.2) is 30.5 Å². The van der Waals surface area contributed by atoms with Crippen molar-refractivity contribution in [3.63, 3.8) is 0 Å². The van der Waals surface area contributed by atoms with Crippen LogP contribution in [0.5, 0.6) is 0 Å². The number of benzene rings is 1. The van der Waals surface area contributed by atoms with E-state index in [2.05, 4.69) is 18.4 Å². The largest absolute Gasteiger partial charge is 0.376 e. The maximum atomic E-state index is 10.8. The second-order valence-electron chi connectivity index (χ2n) is 5.96. The van der Waals surface area contributed by atoms with Crippen LogP contribution in [-0.2, 0) is 10.3 Å². The third-order valence-electron chi connectivity index (χ3n) is 4.47. The molecule has 108 valence electrons. The summed E-state index contributed by atoms with van der Waals surface area (Å²) in [7, 11) is 1.69. The Balaban J connectivity index is 2.60. The number of rotatable bonds is 4. The van der Waals surface area contributed by atoms with E-state index in [0.717, 1.165) is 10.9 Å². The predicted molar refractivity (Wildman–Crippen MR) is 79.0 cm³/mol.